The van der Waals surface area contributed by atoms with Gasteiger partial charge in [0, 0.05) is 6.08 Å². The van der Waals surface area contributed by atoms with Crippen LogP contribution in [0.2, 0.25) is 0 Å². The number of carbonyl (C=O) groups excluding carboxylic acids is 1. The van der Waals surface area contributed by atoms with E-state index in [0.29, 0.717) is 5.69 Å². The quantitative estimate of drug-likeness (QED) is 0.524. The van der Waals surface area contributed by atoms with E-state index in [-0.39, 0.29) is 0 Å². The van der Waals surface area contributed by atoms with Crippen LogP contribution in [-0.2, 0) is 4.79 Å². The molecule has 1 heterocycles. The van der Waals surface area contributed by atoms with Crippen LogP contribution in [0.25, 0.3) is 6.08 Å². The number of H-pyrrole nitrogens is 1. The van der Waals surface area contributed by atoms with Gasteiger partial charge in [0.05, 0.1) is 18.2 Å². The Kier molecular flexibility index (Phi) is 1.26. The van der Waals surface area contributed by atoms with Crippen LogP contribution >= 0.6 is 0 Å². The van der Waals surface area contributed by atoms with Crippen LogP contribution in [0.1, 0.15) is 5.69 Å². The van der Waals surface area contributed by atoms with Crippen molar-refractivity contribution in [2.45, 2.75) is 0 Å². The second-order valence-electron chi connectivity index (χ2n) is 1.27. The molecule has 0 saturated carbocycles. The van der Waals surface area contributed by atoms with E-state index in [1.54, 1.807) is 12.1 Å². The van der Waals surface area contributed by atoms with Crippen molar-refractivity contribution in [1.29, 1.82) is 0 Å². The van der Waals surface area contributed by atoms with Crippen molar-refractivity contribution < 1.29 is 4.79 Å². The van der Waals surface area contributed by atoms with Crippen LogP contribution in [0, 0.1) is 0 Å². The Labute approximate surface area is 46.1 Å². The summed E-state index contributed by atoms with van der Waals surface area (Å²) in [6, 6.07) is 0. The fourth-order valence-corrected chi connectivity index (χ4v) is 0.409. The fraction of sp³-hybridized carbons (Fsp3) is 0. The predicted octanol–water partition coefficient (Wildman–Crippen LogP) is 0.254. The van der Waals surface area contributed by atoms with Crippen LogP contribution in [0.5, 0.6) is 0 Å². The molecular weight excluding hydrogens is 104 g/mol. The van der Waals surface area contributed by atoms with Gasteiger partial charge in [-0.25, -0.2) is 9.78 Å². The molecule has 0 aromatic carbocycles. The van der Waals surface area contributed by atoms with E-state index in [1.165, 1.54) is 12.4 Å². The number of aromatic amines is 1. The summed E-state index contributed by atoms with van der Waals surface area (Å²) >= 11 is 0. The van der Waals surface area contributed by atoms with E-state index in [9.17, 15) is 4.79 Å². The van der Waals surface area contributed by atoms with Crippen LogP contribution < -0.4 is 0 Å². The number of imidazole rings is 1. The summed E-state index contributed by atoms with van der Waals surface area (Å²) in [7, 11) is 0. The van der Waals surface area contributed by atoms with Gasteiger partial charge in [-0.3, -0.25) is 0 Å². The fourth-order valence-electron chi connectivity index (χ4n) is 0.409. The molecule has 0 aliphatic heterocycles. The van der Waals surface area contributed by atoms with Crippen molar-refractivity contribution in [3.05, 3.63) is 18.2 Å². The molecule has 1 rings (SSSR count). The average Bonchev–Trinajstić information content (AvgIpc) is 2.19. The van der Waals surface area contributed by atoms with Gasteiger partial charge in [-0.1, -0.05) is 0 Å². The van der Waals surface area contributed by atoms with Gasteiger partial charge >= 0.3 is 0 Å². The third-order valence-electron chi connectivity index (χ3n) is 0.734. The van der Waals surface area contributed by atoms with Crippen molar-refractivity contribution >= 4 is 12.0 Å². The molecule has 0 saturated heterocycles. The van der Waals surface area contributed by atoms with Crippen molar-refractivity contribution in [2.24, 2.45) is 0 Å². The summed E-state index contributed by atoms with van der Waals surface area (Å²) in [6.07, 6.45) is 4.33. The number of hydrogen-bond acceptors (Lipinski definition) is 2. The lowest BCUT2D eigenvalue weighted by molar-refractivity contribution is 0.570. The zero-order valence-electron chi connectivity index (χ0n) is 4.09. The molecule has 0 amide bonds. The molecule has 3 heteroatoms. The molecule has 0 fully saturated rings. The molecule has 8 heavy (non-hydrogen) atoms. The largest absolute Gasteiger partial charge is 0.345 e. The van der Waals surface area contributed by atoms with Gasteiger partial charge in [0.2, 0.25) is 0 Å². The maximum Gasteiger partial charge on any atom is 0.126 e. The van der Waals surface area contributed by atoms with Crippen LogP contribution in [0.3, 0.4) is 0 Å². The van der Waals surface area contributed by atoms with Crippen molar-refractivity contribution in [2.75, 3.05) is 0 Å². The second kappa shape index (κ2) is 2.09. The first-order valence-electron chi connectivity index (χ1n) is 2.13. The SMILES string of the molecule is O=C=Cc1cnc[nH]1. The highest BCUT2D eigenvalue weighted by Crippen LogP contribution is 1.88. The van der Waals surface area contributed by atoms with E-state index < -0.39 is 0 Å². The Balaban J connectivity index is 2.93. The smallest absolute Gasteiger partial charge is 0.126 e. The monoisotopic (exact) mass is 108 g/mol. The molecule has 0 radical (unpaired) electrons. The van der Waals surface area contributed by atoms with Crippen LogP contribution in [-0.4, -0.2) is 15.9 Å². The van der Waals surface area contributed by atoms with Gasteiger partial charge in [-0.2, -0.15) is 0 Å². The maximum atomic E-state index is 9.64. The lowest BCUT2D eigenvalue weighted by atomic mass is 10.5. The van der Waals surface area contributed by atoms with E-state index in [2.05, 4.69) is 9.97 Å². The minimum atomic E-state index is 0.681. The molecule has 0 aliphatic rings. The molecule has 0 bridgehead atoms. The highest BCUT2D eigenvalue weighted by atomic mass is 16.1. The minimum absolute atomic E-state index is 0.681. The van der Waals surface area contributed by atoms with E-state index >= 15 is 0 Å². The van der Waals surface area contributed by atoms with Gasteiger partial charge in [-0.15, -0.1) is 0 Å². The number of nitrogens with zero attached hydrogens (tertiary/aromatic N) is 1. The number of aromatic nitrogens is 2. The second-order valence-corrected chi connectivity index (χ2v) is 1.27. The summed E-state index contributed by atoms with van der Waals surface area (Å²) in [5.74, 6) is 1.62. The predicted molar refractivity (Wildman–Crippen MR) is 28.7 cm³/mol. The Morgan fingerprint density at radius 3 is 3.25 bits per heavy atom. The van der Waals surface area contributed by atoms with E-state index in [1.807, 2.05) is 0 Å². The third-order valence-corrected chi connectivity index (χ3v) is 0.734. The van der Waals surface area contributed by atoms with Gasteiger partial charge in [0.25, 0.3) is 0 Å². The Hall–Kier alpha value is -1.34. The maximum absolute atomic E-state index is 9.64. The summed E-state index contributed by atoms with van der Waals surface area (Å²) in [5, 5.41) is 0. The first kappa shape index (κ1) is 4.81. The number of nitrogens with one attached hydrogen (secondary N) is 1. The molecule has 0 spiro atoms. The van der Waals surface area contributed by atoms with E-state index in [0.717, 1.165) is 0 Å². The third kappa shape index (κ3) is 0.832. The Bertz CT molecular complexity index is 196. The van der Waals surface area contributed by atoms with Gasteiger partial charge in [-0.05, 0) is 0 Å². The molecule has 1 N–H and O–H groups in total. The summed E-state index contributed by atoms with van der Waals surface area (Å²) in [6.45, 7) is 0. The van der Waals surface area contributed by atoms with Gasteiger partial charge < -0.3 is 4.98 Å². The zero-order chi connectivity index (χ0) is 5.82. The van der Waals surface area contributed by atoms with Crippen molar-refractivity contribution in [3.63, 3.8) is 0 Å². The molecule has 1 aromatic rings. The molecule has 0 atom stereocenters. The molecule has 3 nitrogen and oxygen atoms in total. The molecule has 1 aromatic heterocycles. The highest BCUT2D eigenvalue weighted by Gasteiger charge is 1.81. The first-order valence-corrected chi connectivity index (χ1v) is 2.13. The lowest BCUT2D eigenvalue weighted by Gasteiger charge is -1.70. The Morgan fingerprint density at radius 2 is 2.75 bits per heavy atom. The lowest BCUT2D eigenvalue weighted by Crippen LogP contribution is -1.64. The average molecular weight is 108 g/mol. The molecule has 40 valence electrons. The Morgan fingerprint density at radius 1 is 1.88 bits per heavy atom. The van der Waals surface area contributed by atoms with Crippen molar-refractivity contribution in [1.82, 2.24) is 9.97 Å². The highest BCUT2D eigenvalue weighted by molar-refractivity contribution is 5.72. The normalized spacial score (nSPS) is 8.00. The zero-order valence-corrected chi connectivity index (χ0v) is 4.09. The number of rotatable bonds is 1. The van der Waals surface area contributed by atoms with Crippen molar-refractivity contribution in [3.8, 4) is 0 Å². The van der Waals surface area contributed by atoms with Gasteiger partial charge in [0.1, 0.15) is 5.94 Å². The minimum Gasteiger partial charge on any atom is -0.345 e. The van der Waals surface area contributed by atoms with Crippen LogP contribution in [0.4, 0.5) is 0 Å². The summed E-state index contributed by atoms with van der Waals surface area (Å²) in [5.41, 5.74) is 0.681. The summed E-state index contributed by atoms with van der Waals surface area (Å²) in [4.78, 5) is 16.0. The molecular formula is C5H4N2O. The number of hydrogen-bond donors (Lipinski definition) is 1. The first-order chi connectivity index (χ1) is 3.93. The van der Waals surface area contributed by atoms with Gasteiger partial charge in [0.15, 0.2) is 0 Å². The van der Waals surface area contributed by atoms with Crippen LogP contribution in [0.15, 0.2) is 12.5 Å². The standard InChI is InChI=1S/C5H4N2O/c8-2-1-5-3-6-4-7-5/h1,3-4H,(H,6,7). The summed E-state index contributed by atoms with van der Waals surface area (Å²) < 4.78 is 0. The molecule has 0 unspecified atom stereocenters. The van der Waals surface area contributed by atoms with E-state index in [4.69, 9.17) is 0 Å². The molecule has 0 aliphatic carbocycles. The topological polar surface area (TPSA) is 45.8 Å².